The molecule has 0 aliphatic carbocycles. The van der Waals surface area contributed by atoms with Crippen LogP contribution in [0.4, 0.5) is 0 Å². The Kier molecular flexibility index (Phi) is 22.6. The molecule has 0 unspecified atom stereocenters. The molecular formula is C14H16K2O10. The Bertz CT molecular complexity index is 472. The number of rotatable bonds is 10. The van der Waals surface area contributed by atoms with Gasteiger partial charge in [0.1, 0.15) is 0 Å². The maximum Gasteiger partial charge on any atom is 1.00 e. The summed E-state index contributed by atoms with van der Waals surface area (Å²) in [5.74, 6) is -8.00. The van der Waals surface area contributed by atoms with E-state index >= 15 is 0 Å². The second-order valence-corrected chi connectivity index (χ2v) is 4.68. The van der Waals surface area contributed by atoms with Gasteiger partial charge < -0.3 is 29.3 Å². The molecule has 0 aromatic rings. The Morgan fingerprint density at radius 3 is 1.08 bits per heavy atom. The Morgan fingerprint density at radius 1 is 0.538 bits per heavy atom. The van der Waals surface area contributed by atoms with Gasteiger partial charge in [-0.05, 0) is 38.5 Å². The monoisotopic (exact) mass is 422 g/mol. The van der Waals surface area contributed by atoms with E-state index in [0.29, 0.717) is 0 Å². The van der Waals surface area contributed by atoms with Gasteiger partial charge in [-0.1, -0.05) is 0 Å². The summed E-state index contributed by atoms with van der Waals surface area (Å²) < 4.78 is 8.25. The van der Waals surface area contributed by atoms with Crippen LogP contribution < -0.4 is 113 Å². The van der Waals surface area contributed by atoms with Gasteiger partial charge in [0.05, 0.1) is 0 Å². The van der Waals surface area contributed by atoms with Crippen molar-refractivity contribution in [3.8, 4) is 0 Å². The van der Waals surface area contributed by atoms with Gasteiger partial charge in [-0.3, -0.25) is 9.59 Å². The third kappa shape index (κ3) is 19.3. The smallest absolute Gasteiger partial charge is 0.550 e. The quantitative estimate of drug-likeness (QED) is 0.108. The van der Waals surface area contributed by atoms with Gasteiger partial charge >= 0.3 is 127 Å². The molecule has 0 aliphatic heterocycles. The van der Waals surface area contributed by atoms with Crippen LogP contribution in [0.2, 0.25) is 0 Å². The molecule has 0 radical (unpaired) electrons. The van der Waals surface area contributed by atoms with Gasteiger partial charge in [-0.25, -0.2) is 9.59 Å². The van der Waals surface area contributed by atoms with E-state index in [1.807, 2.05) is 0 Å². The minimum atomic E-state index is -1.66. The fourth-order valence-corrected chi connectivity index (χ4v) is 1.47. The van der Waals surface area contributed by atoms with E-state index < -0.39 is 35.8 Å². The maximum absolute atomic E-state index is 11.2. The minimum absolute atomic E-state index is 0. The molecule has 0 aromatic heterocycles. The summed E-state index contributed by atoms with van der Waals surface area (Å²) in [5.41, 5.74) is 0. The van der Waals surface area contributed by atoms with Crippen LogP contribution in [0.5, 0.6) is 0 Å². The SMILES string of the molecule is O=C([O-])CCCCC(=O)OC(=O)C(=O)OC(=O)CCCCC(=O)[O-].[K+].[K+]. The van der Waals surface area contributed by atoms with E-state index in [1.54, 1.807) is 0 Å². The molecule has 0 saturated carbocycles. The third-order valence-corrected chi connectivity index (χ3v) is 2.60. The van der Waals surface area contributed by atoms with Gasteiger partial charge in [0.2, 0.25) is 0 Å². The summed E-state index contributed by atoms with van der Waals surface area (Å²) in [4.78, 5) is 65.1. The largest absolute Gasteiger partial charge is 1.00 e. The Hall–Kier alpha value is 0.493. The van der Waals surface area contributed by atoms with Crippen molar-refractivity contribution in [3.63, 3.8) is 0 Å². The first kappa shape index (κ1) is 31.2. The van der Waals surface area contributed by atoms with E-state index in [4.69, 9.17) is 0 Å². The molecule has 0 saturated heterocycles. The molecule has 0 aliphatic rings. The first-order valence-corrected chi connectivity index (χ1v) is 7.11. The predicted molar refractivity (Wildman–Crippen MR) is 69.1 cm³/mol. The Labute approximate surface area is 234 Å². The molecule has 0 spiro atoms. The molecule has 134 valence electrons. The van der Waals surface area contributed by atoms with Crippen molar-refractivity contribution < 1.29 is 151 Å². The van der Waals surface area contributed by atoms with E-state index in [1.165, 1.54) is 0 Å². The summed E-state index contributed by atoms with van der Waals surface area (Å²) in [6.45, 7) is 0. The summed E-state index contributed by atoms with van der Waals surface area (Å²) in [7, 11) is 0. The van der Waals surface area contributed by atoms with Crippen LogP contribution in [0, 0.1) is 0 Å². The van der Waals surface area contributed by atoms with Crippen molar-refractivity contribution in [2.75, 3.05) is 0 Å². The molecule has 12 heteroatoms. The number of unbranched alkanes of at least 4 members (excludes halogenated alkanes) is 2. The first-order valence-electron chi connectivity index (χ1n) is 7.11. The molecule has 0 amide bonds. The molecule has 10 nitrogen and oxygen atoms in total. The maximum atomic E-state index is 11.2. The van der Waals surface area contributed by atoms with Crippen LogP contribution in [0.15, 0.2) is 0 Å². The van der Waals surface area contributed by atoms with Crippen LogP contribution in [0.1, 0.15) is 51.4 Å². The third-order valence-electron chi connectivity index (χ3n) is 2.60. The number of ether oxygens (including phenoxy) is 2. The molecule has 0 bridgehead atoms. The summed E-state index contributed by atoms with van der Waals surface area (Å²) in [6, 6.07) is 0. The molecule has 0 N–H and O–H groups in total. The van der Waals surface area contributed by atoms with Crippen LogP contribution in [-0.2, 0) is 38.2 Å². The zero-order chi connectivity index (χ0) is 18.5. The van der Waals surface area contributed by atoms with Crippen molar-refractivity contribution >= 4 is 35.8 Å². The van der Waals surface area contributed by atoms with Gasteiger partial charge in [0, 0.05) is 24.8 Å². The molecule has 0 aromatic carbocycles. The summed E-state index contributed by atoms with van der Waals surface area (Å²) in [5, 5.41) is 20.3. The van der Waals surface area contributed by atoms with Crippen LogP contribution >= 0.6 is 0 Å². The Balaban J connectivity index is -0.00000264. The Morgan fingerprint density at radius 2 is 0.808 bits per heavy atom. The van der Waals surface area contributed by atoms with E-state index in [0.717, 1.165) is 0 Å². The number of carboxylic acid groups (broad SMARTS) is 2. The number of hydrogen-bond donors (Lipinski definition) is 0. The molecule has 26 heavy (non-hydrogen) atoms. The fraction of sp³-hybridized carbons (Fsp3) is 0.571. The molecule has 0 atom stereocenters. The van der Waals surface area contributed by atoms with Crippen molar-refractivity contribution in [2.45, 2.75) is 51.4 Å². The minimum Gasteiger partial charge on any atom is -0.550 e. The van der Waals surface area contributed by atoms with E-state index in [-0.39, 0.29) is 154 Å². The number of carbonyl (C=O) groups excluding carboxylic acids is 6. The summed E-state index contributed by atoms with van der Waals surface area (Å²) >= 11 is 0. The zero-order valence-corrected chi connectivity index (χ0v) is 21.0. The number of carbonyl (C=O) groups is 6. The van der Waals surface area contributed by atoms with E-state index in [9.17, 15) is 39.0 Å². The molecular weight excluding hydrogens is 406 g/mol. The normalized spacial score (nSPS) is 9.08. The molecule has 0 fully saturated rings. The average molecular weight is 422 g/mol. The zero-order valence-electron chi connectivity index (χ0n) is 14.7. The van der Waals surface area contributed by atoms with Crippen LogP contribution in [0.25, 0.3) is 0 Å². The fourth-order valence-electron chi connectivity index (χ4n) is 1.47. The second-order valence-electron chi connectivity index (χ2n) is 4.68. The predicted octanol–water partition coefficient (Wildman–Crippen LogP) is -8.25. The van der Waals surface area contributed by atoms with Crippen molar-refractivity contribution in [1.82, 2.24) is 0 Å². The first-order chi connectivity index (χ1) is 11.2. The average Bonchev–Trinajstić information content (AvgIpc) is 2.47. The van der Waals surface area contributed by atoms with Crippen molar-refractivity contribution in [2.24, 2.45) is 0 Å². The van der Waals surface area contributed by atoms with Crippen LogP contribution in [0.3, 0.4) is 0 Å². The van der Waals surface area contributed by atoms with Gasteiger partial charge in [0.15, 0.2) is 0 Å². The second kappa shape index (κ2) is 18.8. The standard InChI is InChI=1S/C14H18O10.2K/c15-9(16)5-1-3-7-11(19)23-13(21)14(22)24-12(20)8-4-2-6-10(17)18;;/h1-8H2,(H,15,16)(H,17,18);;/q;2*+1/p-2. The number of hydrogen-bond acceptors (Lipinski definition) is 10. The van der Waals surface area contributed by atoms with E-state index in [2.05, 4.69) is 9.47 Å². The number of carboxylic acids is 2. The molecule has 0 rings (SSSR count). The number of esters is 4. The van der Waals surface area contributed by atoms with Crippen molar-refractivity contribution in [3.05, 3.63) is 0 Å². The van der Waals surface area contributed by atoms with Gasteiger partial charge in [-0.2, -0.15) is 0 Å². The number of aliphatic carboxylic acids is 2. The molecule has 0 heterocycles. The van der Waals surface area contributed by atoms with Gasteiger partial charge in [-0.15, -0.1) is 0 Å². The topological polar surface area (TPSA) is 167 Å². The van der Waals surface area contributed by atoms with Crippen LogP contribution in [-0.4, -0.2) is 35.8 Å². The van der Waals surface area contributed by atoms with Crippen molar-refractivity contribution in [1.29, 1.82) is 0 Å². The summed E-state index contributed by atoms with van der Waals surface area (Å²) in [6.07, 6.45) is -0.571. The van der Waals surface area contributed by atoms with Gasteiger partial charge in [0.25, 0.3) is 0 Å².